The second-order valence-electron chi connectivity index (χ2n) is 6.10. The van der Waals surface area contributed by atoms with E-state index in [4.69, 9.17) is 0 Å². The topological polar surface area (TPSA) is 20.3 Å². The molecule has 2 heteroatoms. The summed E-state index contributed by atoms with van der Waals surface area (Å²) < 4.78 is 0. The molecule has 0 N–H and O–H groups in total. The van der Waals surface area contributed by atoms with Crippen LogP contribution in [0.4, 0.5) is 0 Å². The molecule has 0 aromatic heterocycles. The van der Waals surface area contributed by atoms with Gasteiger partial charge in [0.05, 0.1) is 0 Å². The molecule has 0 saturated heterocycles. The minimum absolute atomic E-state index is 0.00593. The molecule has 98 valence electrons. The van der Waals surface area contributed by atoms with Crippen LogP contribution >= 0.6 is 0 Å². The van der Waals surface area contributed by atoms with Gasteiger partial charge in [0.15, 0.2) is 0 Å². The summed E-state index contributed by atoms with van der Waals surface area (Å²) in [5.74, 6) is 1.95. The number of hydrogen-bond acceptors (Lipinski definition) is 1. The summed E-state index contributed by atoms with van der Waals surface area (Å²) in [4.78, 5) is 14.5. The van der Waals surface area contributed by atoms with E-state index < -0.39 is 0 Å². The maximum Gasteiger partial charge on any atom is 0.228 e. The lowest BCUT2D eigenvalue weighted by Gasteiger charge is -2.27. The standard InChI is InChI=1S/C15H27NO/c1-4-16(5-2)14(17)15(3)11-13(15)12-9-7-6-8-10-12/h12-13H,4-11H2,1-3H3/t13-,15-/m0/s1. The van der Waals surface area contributed by atoms with E-state index in [9.17, 15) is 4.79 Å². The fourth-order valence-corrected chi connectivity index (χ4v) is 3.74. The Labute approximate surface area is 106 Å². The number of carbonyl (C=O) groups is 1. The van der Waals surface area contributed by atoms with Crippen LogP contribution in [0.1, 0.15) is 59.3 Å². The predicted molar refractivity (Wildman–Crippen MR) is 70.7 cm³/mol. The second kappa shape index (κ2) is 4.99. The van der Waals surface area contributed by atoms with Gasteiger partial charge in [0.25, 0.3) is 0 Å². The van der Waals surface area contributed by atoms with Crippen molar-refractivity contribution in [3.05, 3.63) is 0 Å². The average Bonchev–Trinajstić information content (AvgIpc) is 3.06. The van der Waals surface area contributed by atoms with Gasteiger partial charge in [-0.15, -0.1) is 0 Å². The highest BCUT2D eigenvalue weighted by atomic mass is 16.2. The molecule has 0 aromatic carbocycles. The summed E-state index contributed by atoms with van der Waals surface area (Å²) in [6, 6.07) is 0. The average molecular weight is 237 g/mol. The molecule has 2 nitrogen and oxygen atoms in total. The molecule has 0 bridgehead atoms. The number of amides is 1. The molecule has 0 radical (unpaired) electrons. The first-order valence-corrected chi connectivity index (χ1v) is 7.42. The van der Waals surface area contributed by atoms with Gasteiger partial charge in [-0.3, -0.25) is 4.79 Å². The van der Waals surface area contributed by atoms with Crippen LogP contribution in [0.25, 0.3) is 0 Å². The van der Waals surface area contributed by atoms with Crippen molar-refractivity contribution < 1.29 is 4.79 Å². The molecule has 0 heterocycles. The Morgan fingerprint density at radius 3 is 2.29 bits per heavy atom. The van der Waals surface area contributed by atoms with E-state index in [0.29, 0.717) is 11.8 Å². The molecule has 2 rings (SSSR count). The summed E-state index contributed by atoms with van der Waals surface area (Å²) in [6.45, 7) is 8.10. The number of rotatable bonds is 4. The van der Waals surface area contributed by atoms with Gasteiger partial charge in [-0.05, 0) is 32.1 Å². The molecule has 2 aliphatic carbocycles. The Balaban J connectivity index is 1.95. The van der Waals surface area contributed by atoms with Crippen LogP contribution in [0.5, 0.6) is 0 Å². The lowest BCUT2D eigenvalue weighted by molar-refractivity contribution is -0.136. The summed E-state index contributed by atoms with van der Waals surface area (Å²) >= 11 is 0. The van der Waals surface area contributed by atoms with Crippen molar-refractivity contribution in [2.45, 2.75) is 59.3 Å². The lowest BCUT2D eigenvalue weighted by Crippen LogP contribution is -2.37. The van der Waals surface area contributed by atoms with E-state index in [0.717, 1.165) is 25.4 Å². The van der Waals surface area contributed by atoms with Gasteiger partial charge >= 0.3 is 0 Å². The molecule has 0 unspecified atom stereocenters. The highest BCUT2D eigenvalue weighted by Crippen LogP contribution is 2.59. The normalized spacial score (nSPS) is 33.5. The van der Waals surface area contributed by atoms with Gasteiger partial charge in [0, 0.05) is 18.5 Å². The van der Waals surface area contributed by atoms with Gasteiger partial charge in [-0.1, -0.05) is 39.0 Å². The summed E-state index contributed by atoms with van der Waals surface area (Å²) in [5.41, 5.74) is -0.00593. The van der Waals surface area contributed by atoms with E-state index in [2.05, 4.69) is 20.8 Å². The fraction of sp³-hybridized carbons (Fsp3) is 0.933. The van der Waals surface area contributed by atoms with Crippen molar-refractivity contribution >= 4 is 5.91 Å². The Morgan fingerprint density at radius 1 is 1.18 bits per heavy atom. The summed E-state index contributed by atoms with van der Waals surface area (Å²) in [5, 5.41) is 0. The van der Waals surface area contributed by atoms with Crippen LogP contribution in [0.3, 0.4) is 0 Å². The van der Waals surface area contributed by atoms with E-state index in [1.807, 2.05) is 4.90 Å². The van der Waals surface area contributed by atoms with E-state index in [1.165, 1.54) is 32.1 Å². The van der Waals surface area contributed by atoms with Crippen LogP contribution in [0, 0.1) is 17.3 Å². The molecule has 2 atom stereocenters. The molecule has 2 aliphatic rings. The number of hydrogen-bond donors (Lipinski definition) is 0. The molecule has 0 aromatic rings. The van der Waals surface area contributed by atoms with Crippen LogP contribution < -0.4 is 0 Å². The van der Waals surface area contributed by atoms with Crippen LogP contribution in [-0.4, -0.2) is 23.9 Å². The van der Waals surface area contributed by atoms with Crippen LogP contribution in [-0.2, 0) is 4.79 Å². The molecular formula is C15H27NO. The van der Waals surface area contributed by atoms with Gasteiger partial charge < -0.3 is 4.90 Å². The van der Waals surface area contributed by atoms with E-state index >= 15 is 0 Å². The minimum atomic E-state index is -0.00593. The van der Waals surface area contributed by atoms with Crippen molar-refractivity contribution in [3.63, 3.8) is 0 Å². The van der Waals surface area contributed by atoms with Crippen molar-refractivity contribution in [3.8, 4) is 0 Å². The summed E-state index contributed by atoms with van der Waals surface area (Å²) in [6.07, 6.45) is 8.06. The zero-order valence-electron chi connectivity index (χ0n) is 11.7. The number of carbonyl (C=O) groups excluding carboxylic acids is 1. The quantitative estimate of drug-likeness (QED) is 0.733. The molecule has 17 heavy (non-hydrogen) atoms. The summed E-state index contributed by atoms with van der Waals surface area (Å²) in [7, 11) is 0. The van der Waals surface area contributed by atoms with Gasteiger partial charge in [0.2, 0.25) is 5.91 Å². The Morgan fingerprint density at radius 2 is 1.76 bits per heavy atom. The smallest absolute Gasteiger partial charge is 0.228 e. The predicted octanol–water partition coefficient (Wildman–Crippen LogP) is 3.46. The van der Waals surface area contributed by atoms with Crippen molar-refractivity contribution in [1.82, 2.24) is 4.90 Å². The van der Waals surface area contributed by atoms with E-state index in [-0.39, 0.29) is 5.41 Å². The lowest BCUT2D eigenvalue weighted by atomic mass is 9.82. The Hall–Kier alpha value is -0.530. The largest absolute Gasteiger partial charge is 0.343 e. The first kappa shape index (κ1) is 12.9. The van der Waals surface area contributed by atoms with Gasteiger partial charge in [0.1, 0.15) is 0 Å². The zero-order valence-corrected chi connectivity index (χ0v) is 11.7. The van der Waals surface area contributed by atoms with Gasteiger partial charge in [-0.2, -0.15) is 0 Å². The highest BCUT2D eigenvalue weighted by molar-refractivity contribution is 5.85. The SMILES string of the molecule is CCN(CC)C(=O)[C@@]1(C)C[C@H]1C1CCCCC1. The molecule has 2 fully saturated rings. The fourth-order valence-electron chi connectivity index (χ4n) is 3.74. The third-order valence-electron chi connectivity index (χ3n) is 5.06. The van der Waals surface area contributed by atoms with Crippen LogP contribution in [0.2, 0.25) is 0 Å². The minimum Gasteiger partial charge on any atom is -0.343 e. The van der Waals surface area contributed by atoms with Crippen molar-refractivity contribution in [2.24, 2.45) is 17.3 Å². The molecular weight excluding hydrogens is 210 g/mol. The Kier molecular flexibility index (Phi) is 3.79. The number of nitrogens with zero attached hydrogens (tertiary/aromatic N) is 1. The molecule has 0 aliphatic heterocycles. The van der Waals surface area contributed by atoms with Crippen molar-refractivity contribution in [1.29, 1.82) is 0 Å². The highest BCUT2D eigenvalue weighted by Gasteiger charge is 2.59. The first-order chi connectivity index (χ1) is 8.13. The molecule has 1 amide bonds. The zero-order chi connectivity index (χ0) is 12.5. The van der Waals surface area contributed by atoms with E-state index in [1.54, 1.807) is 0 Å². The maximum atomic E-state index is 12.5. The molecule has 0 spiro atoms. The van der Waals surface area contributed by atoms with Gasteiger partial charge in [-0.25, -0.2) is 0 Å². The Bertz CT molecular complexity index is 279. The third kappa shape index (κ3) is 2.36. The maximum absolute atomic E-state index is 12.5. The van der Waals surface area contributed by atoms with Crippen LogP contribution in [0.15, 0.2) is 0 Å². The monoisotopic (exact) mass is 237 g/mol. The van der Waals surface area contributed by atoms with Crippen molar-refractivity contribution in [2.75, 3.05) is 13.1 Å². The second-order valence-corrected chi connectivity index (χ2v) is 6.10. The first-order valence-electron chi connectivity index (χ1n) is 7.42. The third-order valence-corrected chi connectivity index (χ3v) is 5.06. The molecule has 2 saturated carbocycles.